The number of H-pyrrole nitrogens is 1. The molecule has 0 aliphatic carbocycles. The van der Waals surface area contributed by atoms with Crippen molar-refractivity contribution in [1.82, 2.24) is 24.5 Å². The Bertz CT molecular complexity index is 1240. The molecule has 0 bridgehead atoms. The molecule has 4 rings (SSSR count). The van der Waals surface area contributed by atoms with Crippen molar-refractivity contribution in [2.24, 2.45) is 0 Å². The highest BCUT2D eigenvalue weighted by atomic mass is 35.5. The van der Waals surface area contributed by atoms with Crippen LogP contribution in [0.2, 0.25) is 10.0 Å². The van der Waals surface area contributed by atoms with Gasteiger partial charge in [-0.3, -0.25) is 14.3 Å². The fourth-order valence-electron chi connectivity index (χ4n) is 2.56. The third-order valence-electron chi connectivity index (χ3n) is 3.93. The highest BCUT2D eigenvalue weighted by molar-refractivity contribution is 6.42. The van der Waals surface area contributed by atoms with Gasteiger partial charge in [0.25, 0.3) is 5.56 Å². The smallest absolute Gasteiger partial charge is 0.274 e. The summed E-state index contributed by atoms with van der Waals surface area (Å²) in [5.41, 5.74) is 1.88. The largest absolute Gasteiger partial charge is 0.332 e. The molecule has 9 heteroatoms. The van der Waals surface area contributed by atoms with Crippen LogP contribution in [0.25, 0.3) is 22.6 Å². The molecule has 0 aliphatic rings. The van der Waals surface area contributed by atoms with Crippen LogP contribution in [0.4, 0.5) is 0 Å². The molecule has 0 fully saturated rings. The predicted octanol–water partition coefficient (Wildman–Crippen LogP) is 3.08. The van der Waals surface area contributed by atoms with Gasteiger partial charge in [0.1, 0.15) is 5.69 Å². The van der Waals surface area contributed by atoms with Crippen LogP contribution < -0.4 is 11.2 Å². The second-order valence-electron chi connectivity index (χ2n) is 5.67. The molecule has 0 saturated carbocycles. The predicted molar refractivity (Wildman–Crippen MR) is 103 cm³/mol. The summed E-state index contributed by atoms with van der Waals surface area (Å²) in [6, 6.07) is 13.6. The van der Waals surface area contributed by atoms with E-state index in [2.05, 4.69) is 15.3 Å². The van der Waals surface area contributed by atoms with E-state index in [1.54, 1.807) is 47.3 Å². The second-order valence-corrected chi connectivity index (χ2v) is 6.49. The van der Waals surface area contributed by atoms with Gasteiger partial charge in [-0.25, -0.2) is 9.48 Å². The van der Waals surface area contributed by atoms with Crippen LogP contribution in [0, 0.1) is 0 Å². The zero-order valence-electron chi connectivity index (χ0n) is 13.6. The lowest BCUT2D eigenvalue weighted by molar-refractivity contribution is 0.802. The van der Waals surface area contributed by atoms with Crippen molar-refractivity contribution in [3.05, 3.63) is 91.8 Å². The van der Waals surface area contributed by atoms with Gasteiger partial charge in [-0.05, 0) is 36.4 Å². The van der Waals surface area contributed by atoms with Gasteiger partial charge in [-0.15, -0.1) is 5.10 Å². The van der Waals surface area contributed by atoms with Crippen LogP contribution in [0.1, 0.15) is 0 Å². The van der Waals surface area contributed by atoms with Crippen molar-refractivity contribution < 1.29 is 0 Å². The normalized spacial score (nSPS) is 10.9. The minimum atomic E-state index is -0.502. The van der Waals surface area contributed by atoms with E-state index in [1.165, 1.54) is 16.8 Å². The van der Waals surface area contributed by atoms with Gasteiger partial charge >= 0.3 is 5.69 Å². The molecule has 1 N–H and O–H groups in total. The Kier molecular flexibility index (Phi) is 4.39. The van der Waals surface area contributed by atoms with Gasteiger partial charge < -0.3 is 0 Å². The zero-order valence-corrected chi connectivity index (χ0v) is 15.1. The highest BCUT2D eigenvalue weighted by Crippen LogP contribution is 2.27. The molecular formula is C18H11Cl2N5O2. The Hall–Kier alpha value is -3.16. The molecule has 2 heterocycles. The summed E-state index contributed by atoms with van der Waals surface area (Å²) in [5.74, 6) is 0. The Morgan fingerprint density at radius 3 is 2.33 bits per heavy atom. The summed E-state index contributed by atoms with van der Waals surface area (Å²) in [5, 5.41) is 9.19. The maximum Gasteiger partial charge on any atom is 0.332 e. The van der Waals surface area contributed by atoms with Crippen molar-refractivity contribution in [1.29, 1.82) is 0 Å². The van der Waals surface area contributed by atoms with Crippen molar-refractivity contribution in [3.63, 3.8) is 0 Å². The van der Waals surface area contributed by atoms with E-state index in [-0.39, 0.29) is 0 Å². The maximum absolute atomic E-state index is 11.9. The molecule has 0 unspecified atom stereocenters. The van der Waals surface area contributed by atoms with E-state index in [9.17, 15) is 9.59 Å². The second kappa shape index (κ2) is 6.86. The highest BCUT2D eigenvalue weighted by Gasteiger charge is 2.08. The number of nitrogens with one attached hydrogen (secondary N) is 1. The first-order chi connectivity index (χ1) is 13.0. The standard InChI is InChI=1S/C18H11Cl2N5O2/c19-14-6-1-11(9-15(14)20)16-10-25(23-22-16)13-4-2-12(3-5-13)24-8-7-17(26)21-18(24)27/h1-10H,(H,21,26,27). The first-order valence-corrected chi connectivity index (χ1v) is 8.57. The fraction of sp³-hybridized carbons (Fsp3) is 0. The molecule has 7 nitrogen and oxygen atoms in total. The van der Waals surface area contributed by atoms with Gasteiger partial charge in [-0.2, -0.15) is 0 Å². The third-order valence-corrected chi connectivity index (χ3v) is 4.66. The first-order valence-electron chi connectivity index (χ1n) is 7.82. The molecule has 4 aromatic rings. The molecule has 134 valence electrons. The van der Waals surface area contributed by atoms with Crippen molar-refractivity contribution in [2.75, 3.05) is 0 Å². The lowest BCUT2D eigenvalue weighted by Gasteiger charge is -2.06. The van der Waals surface area contributed by atoms with Gasteiger partial charge in [0, 0.05) is 17.8 Å². The van der Waals surface area contributed by atoms with E-state index in [4.69, 9.17) is 23.2 Å². The van der Waals surface area contributed by atoms with Gasteiger partial charge in [0.2, 0.25) is 0 Å². The van der Waals surface area contributed by atoms with Crippen LogP contribution in [0.3, 0.4) is 0 Å². The summed E-state index contributed by atoms with van der Waals surface area (Å²) < 4.78 is 2.95. The lowest BCUT2D eigenvalue weighted by atomic mass is 10.2. The van der Waals surface area contributed by atoms with E-state index >= 15 is 0 Å². The molecule has 0 atom stereocenters. The number of aromatic amines is 1. The Balaban J connectivity index is 1.65. The minimum absolute atomic E-state index is 0.440. The minimum Gasteiger partial charge on any atom is -0.274 e. The van der Waals surface area contributed by atoms with Crippen LogP contribution in [0.15, 0.2) is 70.5 Å². The van der Waals surface area contributed by atoms with Crippen LogP contribution in [-0.2, 0) is 0 Å². The van der Waals surface area contributed by atoms with Gasteiger partial charge in [-0.1, -0.05) is 34.5 Å². The molecule has 0 radical (unpaired) electrons. The molecule has 0 saturated heterocycles. The van der Waals surface area contributed by atoms with E-state index in [0.717, 1.165) is 11.3 Å². The van der Waals surface area contributed by atoms with Gasteiger partial charge in [0.15, 0.2) is 0 Å². The molecule has 0 aliphatic heterocycles. The lowest BCUT2D eigenvalue weighted by Crippen LogP contribution is -2.27. The number of rotatable bonds is 3. The molecule has 2 aromatic heterocycles. The number of hydrogen-bond donors (Lipinski definition) is 1. The first kappa shape index (κ1) is 17.3. The summed E-state index contributed by atoms with van der Waals surface area (Å²) in [4.78, 5) is 25.3. The molecule has 0 spiro atoms. The number of nitrogens with zero attached hydrogens (tertiary/aromatic N) is 4. The van der Waals surface area contributed by atoms with Crippen LogP contribution >= 0.6 is 23.2 Å². The topological polar surface area (TPSA) is 85.6 Å². The van der Waals surface area contributed by atoms with Crippen molar-refractivity contribution >= 4 is 23.2 Å². The quantitative estimate of drug-likeness (QED) is 0.573. The van der Waals surface area contributed by atoms with Crippen LogP contribution in [0.5, 0.6) is 0 Å². The number of aromatic nitrogens is 5. The van der Waals surface area contributed by atoms with Crippen molar-refractivity contribution in [2.45, 2.75) is 0 Å². The monoisotopic (exact) mass is 399 g/mol. The van der Waals surface area contributed by atoms with E-state index in [0.29, 0.717) is 21.4 Å². The molecule has 2 aromatic carbocycles. The SMILES string of the molecule is O=c1ccn(-c2ccc(-n3cc(-c4ccc(Cl)c(Cl)c4)nn3)cc2)c(=O)[nH]1. The summed E-state index contributed by atoms with van der Waals surface area (Å²) in [6.45, 7) is 0. The van der Waals surface area contributed by atoms with Crippen molar-refractivity contribution in [3.8, 4) is 22.6 Å². The number of benzene rings is 2. The Morgan fingerprint density at radius 1 is 0.889 bits per heavy atom. The zero-order chi connectivity index (χ0) is 19.0. The molecule has 0 amide bonds. The van der Waals surface area contributed by atoms with Crippen LogP contribution in [-0.4, -0.2) is 24.5 Å². The Morgan fingerprint density at radius 2 is 1.63 bits per heavy atom. The average Bonchev–Trinajstić information content (AvgIpc) is 3.14. The molecule has 27 heavy (non-hydrogen) atoms. The van der Waals surface area contributed by atoms with E-state index in [1.807, 2.05) is 6.07 Å². The number of hydrogen-bond acceptors (Lipinski definition) is 4. The van der Waals surface area contributed by atoms with Gasteiger partial charge in [0.05, 0.1) is 27.6 Å². The maximum atomic E-state index is 11.9. The Labute approximate surface area is 162 Å². The molecular weight excluding hydrogens is 389 g/mol. The third kappa shape index (κ3) is 3.42. The number of halogens is 2. The fourth-order valence-corrected chi connectivity index (χ4v) is 2.86. The average molecular weight is 400 g/mol. The summed E-state index contributed by atoms with van der Waals surface area (Å²) >= 11 is 12.0. The summed E-state index contributed by atoms with van der Waals surface area (Å²) in [7, 11) is 0. The summed E-state index contributed by atoms with van der Waals surface area (Å²) in [6.07, 6.45) is 3.19. The van der Waals surface area contributed by atoms with E-state index < -0.39 is 11.2 Å².